The minimum Gasteiger partial charge on any atom is -0.711 e. The fraction of sp³-hybridized carbons (Fsp3) is 0.333. The number of aliphatic hydroxyl groups excluding tert-OH is 1. The smallest absolute Gasteiger partial charge is 0.328 e. The number of aromatic hydroxyl groups is 1. The molecule has 4 amide bonds. The number of hydrogen-bond donors (Lipinski definition) is 4. The van der Waals surface area contributed by atoms with Crippen LogP contribution < -0.4 is 15.4 Å². The van der Waals surface area contributed by atoms with Crippen molar-refractivity contribution >= 4 is 17.8 Å². The van der Waals surface area contributed by atoms with Gasteiger partial charge in [0.15, 0.2) is 0 Å². The zero-order valence-electron chi connectivity index (χ0n) is 15.3. The fourth-order valence-corrected chi connectivity index (χ4v) is 3.48. The van der Waals surface area contributed by atoms with Crippen molar-refractivity contribution in [1.82, 2.24) is 15.2 Å². The minimum atomic E-state index is -1.39. The molecule has 10 nitrogen and oxygen atoms in total. The summed E-state index contributed by atoms with van der Waals surface area (Å²) < 4.78 is 2.18. The van der Waals surface area contributed by atoms with E-state index in [2.05, 4.69) is 10.6 Å². The van der Waals surface area contributed by atoms with Crippen LogP contribution in [0.5, 0.6) is 5.75 Å². The topological polar surface area (TPSA) is 148 Å². The van der Waals surface area contributed by atoms with Crippen LogP contribution in [0, 0.1) is 25.0 Å². The minimum absolute atomic E-state index is 0.0247. The Morgan fingerprint density at radius 3 is 2.25 bits per heavy atom. The molecule has 0 radical (unpaired) electrons. The van der Waals surface area contributed by atoms with E-state index in [9.17, 15) is 29.8 Å². The van der Waals surface area contributed by atoms with Crippen LogP contribution in [-0.2, 0) is 16.1 Å². The average molecular weight is 388 g/mol. The predicted molar refractivity (Wildman–Crippen MR) is 95.1 cm³/mol. The first kappa shape index (κ1) is 19.4. The highest BCUT2D eigenvalue weighted by Crippen LogP contribution is 2.34. The lowest BCUT2D eigenvalue weighted by atomic mass is 9.83. The van der Waals surface area contributed by atoms with Crippen LogP contribution in [0.3, 0.4) is 0 Å². The van der Waals surface area contributed by atoms with Crippen LogP contribution in [0.1, 0.15) is 28.7 Å². The van der Waals surface area contributed by atoms with Crippen molar-refractivity contribution in [2.45, 2.75) is 26.3 Å². The Bertz CT molecular complexity index is 930. The van der Waals surface area contributed by atoms with E-state index in [4.69, 9.17) is 0 Å². The number of aromatic nitrogens is 2. The third-order valence-electron chi connectivity index (χ3n) is 4.94. The molecule has 2 heterocycles. The largest absolute Gasteiger partial charge is 0.711 e. The second kappa shape index (κ2) is 7.31. The Labute approximate surface area is 160 Å². The van der Waals surface area contributed by atoms with Gasteiger partial charge in [-0.2, -0.15) is 0 Å². The van der Waals surface area contributed by atoms with Crippen molar-refractivity contribution in [3.8, 4) is 5.75 Å². The second-order valence-corrected chi connectivity index (χ2v) is 6.55. The SMILES string of the molecule is Cc1c(C)[n+]([O-])c(C(c2ccc(O)cc2)C2C(=O)NC(=O)NC2=O)n1CCO. The number of phenols is 1. The number of barbiturate groups is 1. The molecule has 1 aromatic heterocycles. The zero-order chi connectivity index (χ0) is 20.6. The van der Waals surface area contributed by atoms with Gasteiger partial charge in [0.05, 0.1) is 6.61 Å². The summed E-state index contributed by atoms with van der Waals surface area (Å²) in [5.41, 5.74) is 1.36. The molecule has 3 rings (SSSR count). The molecule has 2 aromatic rings. The van der Waals surface area contributed by atoms with Gasteiger partial charge in [0.2, 0.25) is 11.8 Å². The lowest BCUT2D eigenvalue weighted by Crippen LogP contribution is -2.58. The second-order valence-electron chi connectivity index (χ2n) is 6.55. The van der Waals surface area contributed by atoms with Gasteiger partial charge in [0, 0.05) is 13.8 Å². The molecule has 0 aliphatic carbocycles. The van der Waals surface area contributed by atoms with Crippen molar-refractivity contribution < 1.29 is 29.3 Å². The Kier molecular flexibility index (Phi) is 5.06. The molecule has 28 heavy (non-hydrogen) atoms. The molecule has 1 fully saturated rings. The summed E-state index contributed by atoms with van der Waals surface area (Å²) >= 11 is 0. The van der Waals surface area contributed by atoms with Gasteiger partial charge in [0.25, 0.3) is 5.82 Å². The molecule has 0 saturated carbocycles. The van der Waals surface area contributed by atoms with Gasteiger partial charge in [-0.15, -0.1) is 0 Å². The molecule has 1 aliphatic heterocycles. The predicted octanol–water partition coefficient (Wildman–Crippen LogP) is -0.450. The van der Waals surface area contributed by atoms with Crippen molar-refractivity contribution in [2.75, 3.05) is 6.61 Å². The summed E-state index contributed by atoms with van der Waals surface area (Å²) in [5, 5.41) is 36.1. The number of aliphatic hydroxyl groups is 1. The maximum atomic E-state index is 12.9. The van der Waals surface area contributed by atoms with Gasteiger partial charge in [0.1, 0.15) is 35.5 Å². The first-order valence-corrected chi connectivity index (χ1v) is 8.60. The van der Waals surface area contributed by atoms with E-state index < -0.39 is 29.7 Å². The van der Waals surface area contributed by atoms with Gasteiger partial charge >= 0.3 is 6.03 Å². The van der Waals surface area contributed by atoms with E-state index in [-0.39, 0.29) is 24.7 Å². The maximum Gasteiger partial charge on any atom is 0.328 e. The number of nitrogens with zero attached hydrogens (tertiary/aromatic N) is 2. The molecule has 1 unspecified atom stereocenters. The van der Waals surface area contributed by atoms with E-state index in [0.29, 0.717) is 21.7 Å². The third-order valence-corrected chi connectivity index (χ3v) is 4.94. The lowest BCUT2D eigenvalue weighted by Gasteiger charge is -2.27. The van der Waals surface area contributed by atoms with Gasteiger partial charge in [-0.1, -0.05) is 12.1 Å². The van der Waals surface area contributed by atoms with Gasteiger partial charge < -0.3 is 15.4 Å². The molecular formula is C18H20N4O6. The summed E-state index contributed by atoms with van der Waals surface area (Å²) in [6.45, 7) is 3.12. The monoisotopic (exact) mass is 388 g/mol. The highest BCUT2D eigenvalue weighted by Gasteiger charge is 2.47. The Balaban J connectivity index is 2.25. The van der Waals surface area contributed by atoms with Crippen molar-refractivity contribution in [3.63, 3.8) is 0 Å². The first-order valence-electron chi connectivity index (χ1n) is 8.60. The standard InChI is InChI=1S/C18H20N4O6/c1-9-10(2)22(28)17(21(9)7-8-23)13(11-3-5-12(24)6-4-11)14-15(25)19-18(27)20-16(14)26/h3-6,13-14,23-24H,7-8H2,1-2H3,(H2,19,20,25,26,27). The van der Waals surface area contributed by atoms with Crippen molar-refractivity contribution in [1.29, 1.82) is 0 Å². The number of rotatable bonds is 5. The molecular weight excluding hydrogens is 368 g/mol. The number of carbonyl (C=O) groups excluding carboxylic acids is 3. The van der Waals surface area contributed by atoms with Crippen LogP contribution in [0.15, 0.2) is 24.3 Å². The molecule has 1 saturated heterocycles. The first-order chi connectivity index (χ1) is 13.3. The van der Waals surface area contributed by atoms with E-state index in [1.54, 1.807) is 18.4 Å². The molecule has 1 aromatic carbocycles. The van der Waals surface area contributed by atoms with Crippen LogP contribution >= 0.6 is 0 Å². The summed E-state index contributed by atoms with van der Waals surface area (Å²) in [5.74, 6) is -4.06. The number of nitrogens with one attached hydrogen (secondary N) is 2. The number of imide groups is 2. The van der Waals surface area contributed by atoms with Gasteiger partial charge in [-0.25, -0.2) is 14.1 Å². The third kappa shape index (κ3) is 3.18. The number of benzene rings is 1. The highest BCUT2D eigenvalue weighted by atomic mass is 16.5. The number of phenolic OH excluding ortho intramolecular Hbond substituents is 1. The molecule has 148 valence electrons. The quantitative estimate of drug-likeness (QED) is 0.310. The highest BCUT2D eigenvalue weighted by molar-refractivity contribution is 6.16. The van der Waals surface area contributed by atoms with Crippen LogP contribution in [0.4, 0.5) is 4.79 Å². The van der Waals surface area contributed by atoms with Crippen molar-refractivity contribution in [2.24, 2.45) is 5.92 Å². The zero-order valence-corrected chi connectivity index (χ0v) is 15.3. The summed E-state index contributed by atoms with van der Waals surface area (Å²) in [6, 6.07) is 4.82. The number of amides is 4. The molecule has 0 spiro atoms. The lowest BCUT2D eigenvalue weighted by molar-refractivity contribution is -0.621. The number of imidazole rings is 1. The molecule has 4 N–H and O–H groups in total. The normalized spacial score (nSPS) is 16.0. The van der Waals surface area contributed by atoms with Crippen LogP contribution in [0.2, 0.25) is 0 Å². The number of urea groups is 1. The van der Waals surface area contributed by atoms with E-state index >= 15 is 0 Å². The molecule has 1 atom stereocenters. The summed E-state index contributed by atoms with van der Waals surface area (Å²) in [7, 11) is 0. The summed E-state index contributed by atoms with van der Waals surface area (Å²) in [6.07, 6.45) is 0. The number of hydrogen-bond acceptors (Lipinski definition) is 6. The average Bonchev–Trinajstić information content (AvgIpc) is 2.84. The molecule has 10 heteroatoms. The maximum absolute atomic E-state index is 12.9. The molecule has 0 bridgehead atoms. The van der Waals surface area contributed by atoms with E-state index in [1.807, 2.05) is 0 Å². The summed E-state index contributed by atoms with van der Waals surface area (Å²) in [4.78, 5) is 36.5. The Hall–Kier alpha value is -3.40. The van der Waals surface area contributed by atoms with Gasteiger partial charge in [-0.3, -0.25) is 20.2 Å². The Morgan fingerprint density at radius 2 is 1.71 bits per heavy atom. The van der Waals surface area contributed by atoms with Crippen LogP contribution in [0.25, 0.3) is 0 Å². The number of carbonyl (C=O) groups is 3. The van der Waals surface area contributed by atoms with Crippen LogP contribution in [-0.4, -0.2) is 39.2 Å². The van der Waals surface area contributed by atoms with E-state index in [1.165, 1.54) is 24.3 Å². The Morgan fingerprint density at radius 1 is 1.14 bits per heavy atom. The molecule has 1 aliphatic rings. The van der Waals surface area contributed by atoms with E-state index in [0.717, 1.165) is 0 Å². The van der Waals surface area contributed by atoms with Crippen molar-refractivity contribution in [3.05, 3.63) is 52.2 Å². The van der Waals surface area contributed by atoms with Gasteiger partial charge in [-0.05, 0) is 17.7 Å². The fourth-order valence-electron chi connectivity index (χ4n) is 3.48.